The molecule has 0 spiro atoms. The summed E-state index contributed by atoms with van der Waals surface area (Å²) in [6.45, 7) is 2.95. The molecule has 3 heterocycles. The first kappa shape index (κ1) is 23.8. The number of piperazine rings is 1. The number of benzene rings is 1. The van der Waals surface area contributed by atoms with Crippen LogP contribution in [0.2, 0.25) is 0 Å². The quantitative estimate of drug-likeness (QED) is 0.532. The van der Waals surface area contributed by atoms with Crippen molar-refractivity contribution in [1.29, 1.82) is 0 Å². The second kappa shape index (κ2) is 9.14. The first-order valence-corrected chi connectivity index (χ1v) is 11.8. The fraction of sp³-hybridized carbons (Fsp3) is 0.333. The molecule has 1 atom stereocenters. The van der Waals surface area contributed by atoms with Gasteiger partial charge >= 0.3 is 5.51 Å². The predicted molar refractivity (Wildman–Crippen MR) is 113 cm³/mol. The van der Waals surface area contributed by atoms with Crippen LogP contribution < -0.4 is 0 Å². The zero-order valence-corrected chi connectivity index (χ0v) is 18.8. The highest BCUT2D eigenvalue weighted by atomic mass is 32.2. The number of hydrogen-bond donors (Lipinski definition) is 0. The van der Waals surface area contributed by atoms with Gasteiger partial charge in [-0.3, -0.25) is 9.69 Å². The molecule has 0 radical (unpaired) electrons. The Morgan fingerprint density at radius 1 is 1.06 bits per heavy atom. The van der Waals surface area contributed by atoms with Crippen LogP contribution in [-0.2, 0) is 9.84 Å². The summed E-state index contributed by atoms with van der Waals surface area (Å²) in [5.74, 6) is 0.0167. The number of carbonyl (C=O) groups is 1. The van der Waals surface area contributed by atoms with Crippen molar-refractivity contribution in [2.24, 2.45) is 0 Å². The largest absolute Gasteiger partial charge is 0.503 e. The van der Waals surface area contributed by atoms with Crippen molar-refractivity contribution in [2.45, 2.75) is 23.5 Å². The van der Waals surface area contributed by atoms with E-state index >= 15 is 0 Å². The summed E-state index contributed by atoms with van der Waals surface area (Å²) in [5, 5.41) is 2.72. The number of aromatic nitrogens is 3. The van der Waals surface area contributed by atoms with Gasteiger partial charge in [-0.05, 0) is 19.1 Å². The van der Waals surface area contributed by atoms with Crippen LogP contribution in [0.3, 0.4) is 0 Å². The molecule has 1 aliphatic heterocycles. The highest BCUT2D eigenvalue weighted by Crippen LogP contribution is 2.31. The van der Waals surface area contributed by atoms with Crippen molar-refractivity contribution in [1.82, 2.24) is 24.9 Å². The first-order chi connectivity index (χ1) is 16.1. The first-order valence-electron chi connectivity index (χ1n) is 10.3. The maximum atomic E-state index is 13.0. The van der Waals surface area contributed by atoms with E-state index in [-0.39, 0.29) is 19.1 Å². The van der Waals surface area contributed by atoms with Crippen LogP contribution in [0.1, 0.15) is 29.2 Å². The van der Waals surface area contributed by atoms with Gasteiger partial charge in [0.25, 0.3) is 15.7 Å². The molecular formula is C21H20F3N5O4S. The Morgan fingerprint density at radius 3 is 2.38 bits per heavy atom. The molecule has 1 saturated heterocycles. The highest BCUT2D eigenvalue weighted by molar-refractivity contribution is 7.92. The predicted octanol–water partition coefficient (Wildman–Crippen LogP) is 2.94. The third kappa shape index (κ3) is 4.53. The van der Waals surface area contributed by atoms with Gasteiger partial charge in [-0.1, -0.05) is 35.5 Å². The molecule has 2 aromatic heterocycles. The molecule has 0 saturated carbocycles. The summed E-state index contributed by atoms with van der Waals surface area (Å²) in [6.07, 6.45) is 0.906. The maximum absolute atomic E-state index is 13.0. The van der Waals surface area contributed by atoms with E-state index in [0.717, 1.165) is 17.8 Å². The normalized spacial score (nSPS) is 16.4. The molecule has 0 aliphatic carbocycles. The van der Waals surface area contributed by atoms with Crippen molar-refractivity contribution in [3.8, 4) is 11.4 Å². The topological polar surface area (TPSA) is 110 Å². The summed E-state index contributed by atoms with van der Waals surface area (Å²) < 4.78 is 68.3. The fourth-order valence-corrected chi connectivity index (χ4v) is 4.49. The summed E-state index contributed by atoms with van der Waals surface area (Å²) in [4.78, 5) is 24.0. The van der Waals surface area contributed by atoms with Crippen molar-refractivity contribution in [3.05, 3.63) is 60.1 Å². The molecule has 34 heavy (non-hydrogen) atoms. The second-order valence-electron chi connectivity index (χ2n) is 7.63. The Labute approximate surface area is 193 Å². The summed E-state index contributed by atoms with van der Waals surface area (Å²) in [7, 11) is -5.77. The number of sulfone groups is 1. The van der Waals surface area contributed by atoms with Gasteiger partial charge in [0, 0.05) is 37.9 Å². The van der Waals surface area contributed by atoms with Crippen LogP contribution in [0.5, 0.6) is 0 Å². The molecule has 0 N–H and O–H groups in total. The molecule has 0 bridgehead atoms. The van der Waals surface area contributed by atoms with E-state index < -0.39 is 31.8 Å². The lowest BCUT2D eigenvalue weighted by molar-refractivity contribution is -0.0438. The minimum absolute atomic E-state index is 0.170. The molecule has 4 rings (SSSR count). The molecule has 3 aromatic rings. The number of pyridine rings is 1. The lowest BCUT2D eigenvalue weighted by atomic mass is 10.2. The van der Waals surface area contributed by atoms with E-state index in [0.29, 0.717) is 24.8 Å². The second-order valence-corrected chi connectivity index (χ2v) is 9.49. The maximum Gasteiger partial charge on any atom is 0.503 e. The van der Waals surface area contributed by atoms with E-state index in [1.54, 1.807) is 0 Å². The van der Waals surface area contributed by atoms with Gasteiger partial charge in [0.05, 0.1) is 11.6 Å². The third-order valence-corrected chi connectivity index (χ3v) is 6.98. The molecule has 180 valence electrons. The van der Waals surface area contributed by atoms with Gasteiger partial charge in [0.2, 0.25) is 11.7 Å². The molecule has 9 nitrogen and oxygen atoms in total. The van der Waals surface area contributed by atoms with E-state index in [1.165, 1.54) is 11.0 Å². The van der Waals surface area contributed by atoms with Crippen LogP contribution in [0.4, 0.5) is 13.2 Å². The average molecular weight is 495 g/mol. The Hall–Kier alpha value is -3.32. The van der Waals surface area contributed by atoms with Gasteiger partial charge in [0.1, 0.15) is 0 Å². The number of amides is 1. The van der Waals surface area contributed by atoms with Crippen LogP contribution >= 0.6 is 0 Å². The number of rotatable bonds is 5. The third-order valence-electron chi connectivity index (χ3n) is 5.54. The summed E-state index contributed by atoms with van der Waals surface area (Å²) >= 11 is 0. The van der Waals surface area contributed by atoms with Crippen LogP contribution in [0.25, 0.3) is 11.4 Å². The van der Waals surface area contributed by atoms with E-state index in [4.69, 9.17) is 4.52 Å². The van der Waals surface area contributed by atoms with Gasteiger partial charge in [0.15, 0.2) is 5.03 Å². The lowest BCUT2D eigenvalue weighted by Crippen LogP contribution is -2.49. The Morgan fingerprint density at radius 2 is 1.74 bits per heavy atom. The number of halogens is 3. The van der Waals surface area contributed by atoms with Crippen molar-refractivity contribution < 1.29 is 30.9 Å². The fourth-order valence-electron chi connectivity index (χ4n) is 3.63. The van der Waals surface area contributed by atoms with Crippen molar-refractivity contribution in [2.75, 3.05) is 26.2 Å². The highest BCUT2D eigenvalue weighted by Gasteiger charge is 2.49. The van der Waals surface area contributed by atoms with Crippen LogP contribution in [0.15, 0.2) is 58.2 Å². The SMILES string of the molecule is CC(c1nc(-c2ccccc2)no1)N1CCN(C(=O)c2cccnc2S(=O)(=O)C(F)(F)F)CC1. The van der Waals surface area contributed by atoms with Crippen LogP contribution in [0, 0.1) is 0 Å². The number of carbonyl (C=O) groups excluding carboxylic acids is 1. The minimum atomic E-state index is -5.77. The Kier molecular flexibility index (Phi) is 6.41. The van der Waals surface area contributed by atoms with Gasteiger partial charge < -0.3 is 9.42 Å². The number of alkyl halides is 3. The van der Waals surface area contributed by atoms with Crippen molar-refractivity contribution >= 4 is 15.7 Å². The standard InChI is InChI=1S/C21H20F3N5O4S/c1-14(18-26-17(27-33-18)15-6-3-2-4-7-15)28-10-12-29(13-11-28)20(30)16-8-5-9-25-19(16)34(31,32)21(22,23)24/h2-9,14H,10-13H2,1H3. The Bertz CT molecular complexity index is 1270. The number of hydrogen-bond acceptors (Lipinski definition) is 8. The molecule has 1 amide bonds. The Balaban J connectivity index is 1.45. The monoisotopic (exact) mass is 495 g/mol. The van der Waals surface area contributed by atoms with Gasteiger partial charge in [-0.25, -0.2) is 13.4 Å². The molecular weight excluding hydrogens is 475 g/mol. The zero-order chi connectivity index (χ0) is 24.5. The smallest absolute Gasteiger partial charge is 0.337 e. The summed E-state index contributed by atoms with van der Waals surface area (Å²) in [5.41, 5.74) is -5.36. The molecule has 1 aromatic carbocycles. The lowest BCUT2D eigenvalue weighted by Gasteiger charge is -2.36. The minimum Gasteiger partial charge on any atom is -0.337 e. The molecule has 1 aliphatic rings. The van der Waals surface area contributed by atoms with E-state index in [1.807, 2.05) is 42.2 Å². The molecule has 13 heteroatoms. The number of nitrogens with zero attached hydrogens (tertiary/aromatic N) is 5. The molecule has 1 unspecified atom stereocenters. The van der Waals surface area contributed by atoms with Crippen LogP contribution in [-0.4, -0.2) is 70.9 Å². The van der Waals surface area contributed by atoms with Gasteiger partial charge in [-0.2, -0.15) is 18.2 Å². The average Bonchev–Trinajstić information content (AvgIpc) is 3.33. The van der Waals surface area contributed by atoms with E-state index in [9.17, 15) is 26.4 Å². The van der Waals surface area contributed by atoms with Crippen molar-refractivity contribution in [3.63, 3.8) is 0 Å². The zero-order valence-electron chi connectivity index (χ0n) is 17.9. The summed E-state index contributed by atoms with van der Waals surface area (Å²) in [6, 6.07) is 11.3. The van der Waals surface area contributed by atoms with Gasteiger partial charge in [-0.15, -0.1) is 0 Å². The molecule has 1 fully saturated rings. The van der Waals surface area contributed by atoms with E-state index in [2.05, 4.69) is 15.1 Å².